The van der Waals surface area contributed by atoms with Gasteiger partial charge in [-0.1, -0.05) is 32.6 Å². The minimum absolute atomic E-state index is 0.0123. The molecule has 1 atom stereocenters. The maximum atomic E-state index is 13.1. The molecule has 0 fully saturated rings. The van der Waals surface area contributed by atoms with Crippen LogP contribution in [0.1, 0.15) is 39.2 Å². The lowest BCUT2D eigenvalue weighted by molar-refractivity contribution is -0.114. The van der Waals surface area contributed by atoms with Gasteiger partial charge in [-0.15, -0.1) is 0 Å². The number of ether oxygens (including phenoxy) is 2. The molecule has 0 unspecified atom stereocenters. The molecule has 1 aromatic rings. The van der Waals surface area contributed by atoms with Crippen LogP contribution in [0.3, 0.4) is 0 Å². The summed E-state index contributed by atoms with van der Waals surface area (Å²) in [6.07, 6.45) is 2.79. The molecule has 0 saturated heterocycles. The fourth-order valence-electron chi connectivity index (χ4n) is 3.54. The van der Waals surface area contributed by atoms with Crippen LogP contribution >= 0.6 is 0 Å². The van der Waals surface area contributed by atoms with E-state index in [-0.39, 0.29) is 29.0 Å². The van der Waals surface area contributed by atoms with E-state index < -0.39 is 5.91 Å². The lowest BCUT2D eigenvalue weighted by Gasteiger charge is -2.31. The molecule has 0 aromatic heterocycles. The fraction of sp³-hybridized carbons (Fsp3) is 0.429. The number of hydrogen-bond acceptors (Lipinski definition) is 5. The highest BCUT2D eigenvalue weighted by Gasteiger charge is 2.33. The molecule has 0 spiro atoms. The van der Waals surface area contributed by atoms with Gasteiger partial charge in [0.1, 0.15) is 17.5 Å². The first-order valence-corrected chi connectivity index (χ1v) is 9.43. The first-order chi connectivity index (χ1) is 13.3. The van der Waals surface area contributed by atoms with Gasteiger partial charge in [0.15, 0.2) is 0 Å². The zero-order valence-corrected chi connectivity index (χ0v) is 17.0. The van der Waals surface area contributed by atoms with Crippen LogP contribution in [0.2, 0.25) is 0 Å². The number of nitrogens with zero attached hydrogens (tertiary/aromatic N) is 1. The van der Waals surface area contributed by atoms with Gasteiger partial charge in [-0.25, -0.2) is 0 Å². The molecule has 4 N–H and O–H groups in total. The number of anilines is 1. The van der Waals surface area contributed by atoms with Crippen molar-refractivity contribution in [1.29, 1.82) is 5.41 Å². The number of rotatable bonds is 8. The van der Waals surface area contributed by atoms with Gasteiger partial charge < -0.3 is 25.4 Å². The van der Waals surface area contributed by atoms with Crippen molar-refractivity contribution in [3.63, 3.8) is 0 Å². The lowest BCUT2D eigenvalue weighted by atomic mass is 9.88. The first kappa shape index (κ1) is 21.5. The van der Waals surface area contributed by atoms with Crippen molar-refractivity contribution in [2.24, 2.45) is 5.73 Å². The van der Waals surface area contributed by atoms with Crippen LogP contribution in [0.15, 0.2) is 48.5 Å². The number of nitrogens with one attached hydrogen (secondary N) is 2. The molecule has 1 aliphatic heterocycles. The third kappa shape index (κ3) is 4.04. The van der Waals surface area contributed by atoms with Crippen molar-refractivity contribution < 1.29 is 14.3 Å². The Morgan fingerprint density at radius 1 is 1.43 bits per heavy atom. The van der Waals surface area contributed by atoms with E-state index in [2.05, 4.69) is 25.7 Å². The van der Waals surface area contributed by atoms with Gasteiger partial charge in [0.05, 0.1) is 12.1 Å². The van der Waals surface area contributed by atoms with E-state index in [1.807, 2.05) is 31.2 Å². The Labute approximate surface area is 166 Å². The zero-order chi connectivity index (χ0) is 20.9. The molecule has 2 rings (SSSR count). The summed E-state index contributed by atoms with van der Waals surface area (Å²) in [5.74, 6) is -0.604. The van der Waals surface area contributed by atoms with Gasteiger partial charge in [-0.2, -0.15) is 0 Å². The molecule has 152 valence electrons. The largest absolute Gasteiger partial charge is 0.473 e. The first-order valence-electron chi connectivity index (χ1n) is 9.43. The molecule has 0 saturated carbocycles. The monoisotopic (exact) mass is 386 g/mol. The van der Waals surface area contributed by atoms with Crippen molar-refractivity contribution in [1.82, 2.24) is 5.32 Å². The highest BCUT2D eigenvalue weighted by molar-refractivity contribution is 6.24. The Bertz CT molecular complexity index is 758. The summed E-state index contributed by atoms with van der Waals surface area (Å²) in [5.41, 5.74) is 7.09. The van der Waals surface area contributed by atoms with E-state index in [9.17, 15) is 4.79 Å². The molecule has 28 heavy (non-hydrogen) atoms. The predicted octanol–water partition coefficient (Wildman–Crippen LogP) is 2.98. The highest BCUT2D eigenvalue weighted by atomic mass is 16.5. The summed E-state index contributed by atoms with van der Waals surface area (Å²) in [7, 11) is 1.72. The van der Waals surface area contributed by atoms with Crippen LogP contribution in [-0.4, -0.2) is 31.5 Å². The maximum absolute atomic E-state index is 13.1. The fourth-order valence-corrected chi connectivity index (χ4v) is 3.54. The van der Waals surface area contributed by atoms with Crippen molar-refractivity contribution in [2.75, 3.05) is 18.6 Å². The Morgan fingerprint density at radius 3 is 2.50 bits per heavy atom. The molecular weight excluding hydrogens is 356 g/mol. The average Bonchev–Trinajstić information content (AvgIpc) is 2.80. The molecule has 0 bridgehead atoms. The van der Waals surface area contributed by atoms with Gasteiger partial charge in [0.2, 0.25) is 5.88 Å². The van der Waals surface area contributed by atoms with Crippen LogP contribution in [0, 0.1) is 5.41 Å². The number of hydrogen-bond donors (Lipinski definition) is 3. The second-order valence-electron chi connectivity index (χ2n) is 6.76. The lowest BCUT2D eigenvalue weighted by Crippen LogP contribution is -2.38. The van der Waals surface area contributed by atoms with Crippen LogP contribution in [-0.2, 0) is 19.9 Å². The average molecular weight is 386 g/mol. The summed E-state index contributed by atoms with van der Waals surface area (Å²) >= 11 is 0. The van der Waals surface area contributed by atoms with Crippen LogP contribution in [0.5, 0.6) is 0 Å². The summed E-state index contributed by atoms with van der Waals surface area (Å²) in [5, 5.41) is 10.6. The van der Waals surface area contributed by atoms with E-state index in [4.69, 9.17) is 20.6 Å². The molecule has 1 aromatic carbocycles. The molecule has 1 heterocycles. The number of amidine groups is 1. The topological polar surface area (TPSA) is 101 Å². The predicted molar refractivity (Wildman–Crippen MR) is 111 cm³/mol. The van der Waals surface area contributed by atoms with Crippen molar-refractivity contribution in [3.05, 3.63) is 54.1 Å². The number of carbonyl (C=O) groups is 1. The van der Waals surface area contributed by atoms with Crippen LogP contribution in [0.4, 0.5) is 5.69 Å². The van der Waals surface area contributed by atoms with E-state index >= 15 is 0 Å². The van der Waals surface area contributed by atoms with E-state index in [0.717, 1.165) is 18.4 Å². The Hall–Kier alpha value is -2.80. The van der Waals surface area contributed by atoms with Crippen LogP contribution in [0.25, 0.3) is 0 Å². The highest BCUT2D eigenvalue weighted by Crippen LogP contribution is 2.34. The molecule has 1 amide bonds. The molecule has 0 aliphatic carbocycles. The molecule has 0 radical (unpaired) electrons. The standard InChI is InChI=1S/C21H30N4O3/c1-6-21(7-2,27-5)15-9-11-16(12-10-15)25-13-14(4)28-19(24-8-3)17(18(22)23)20(25)26/h8-12,14,24H,3,6-7,13H2,1-2,4-5H3,(H3,22,23)/t14-/m1/s1. The van der Waals surface area contributed by atoms with Crippen molar-refractivity contribution in [2.45, 2.75) is 45.3 Å². The van der Waals surface area contributed by atoms with Crippen molar-refractivity contribution in [3.8, 4) is 0 Å². The summed E-state index contributed by atoms with van der Waals surface area (Å²) in [4.78, 5) is 14.7. The number of benzene rings is 1. The Balaban J connectivity index is 2.45. The van der Waals surface area contributed by atoms with Gasteiger partial charge in [0, 0.05) is 12.8 Å². The maximum Gasteiger partial charge on any atom is 0.267 e. The van der Waals surface area contributed by atoms with E-state index in [1.54, 1.807) is 12.0 Å². The third-order valence-electron chi connectivity index (χ3n) is 5.19. The molecule has 7 heteroatoms. The van der Waals surface area contributed by atoms with Crippen LogP contribution < -0.4 is 16.0 Å². The number of carbonyl (C=O) groups excluding carboxylic acids is 1. The normalized spacial score (nSPS) is 17.8. The summed E-state index contributed by atoms with van der Waals surface area (Å²) in [6.45, 7) is 9.96. The molecule has 1 aliphatic rings. The Morgan fingerprint density at radius 2 is 2.04 bits per heavy atom. The quantitative estimate of drug-likeness (QED) is 0.471. The zero-order valence-electron chi connectivity index (χ0n) is 17.0. The number of nitrogens with two attached hydrogens (primary N) is 1. The SMILES string of the molecule is C=CNC1=C(C(=N)N)C(=O)N(c2ccc(C(CC)(CC)OC)cc2)C[C@@H](C)O1. The van der Waals surface area contributed by atoms with Crippen molar-refractivity contribution >= 4 is 17.4 Å². The summed E-state index contributed by atoms with van der Waals surface area (Å²) in [6, 6.07) is 7.75. The number of methoxy groups -OCH3 is 1. The molecule has 7 nitrogen and oxygen atoms in total. The second-order valence-corrected chi connectivity index (χ2v) is 6.76. The second kappa shape index (κ2) is 8.93. The van der Waals surface area contributed by atoms with Gasteiger partial charge in [-0.3, -0.25) is 10.2 Å². The third-order valence-corrected chi connectivity index (χ3v) is 5.19. The van der Waals surface area contributed by atoms with Gasteiger partial charge in [-0.05, 0) is 43.7 Å². The number of amides is 1. The molecular formula is C21H30N4O3. The summed E-state index contributed by atoms with van der Waals surface area (Å²) < 4.78 is 11.6. The smallest absolute Gasteiger partial charge is 0.267 e. The minimum Gasteiger partial charge on any atom is -0.473 e. The van der Waals surface area contributed by atoms with E-state index in [0.29, 0.717) is 12.2 Å². The van der Waals surface area contributed by atoms with E-state index in [1.165, 1.54) is 6.20 Å². The Kier molecular flexibility index (Phi) is 6.85. The van der Waals surface area contributed by atoms with Gasteiger partial charge >= 0.3 is 0 Å². The minimum atomic E-state index is -0.391. The van der Waals surface area contributed by atoms with Gasteiger partial charge in [0.25, 0.3) is 5.91 Å².